The molecule has 0 radical (unpaired) electrons. The Morgan fingerprint density at radius 2 is 1.85 bits per heavy atom. The molecule has 14 heteroatoms. The number of aliphatic imine (C=N–C) groups is 1. The number of aliphatic hydroxyl groups excluding tert-OH is 1. The zero-order chi connectivity index (χ0) is 33.6. The third-order valence-corrected chi connectivity index (χ3v) is 10.4. The van der Waals surface area contributed by atoms with Gasteiger partial charge in [0.15, 0.2) is 6.29 Å². The average molecular weight is 675 g/mol. The molecule has 3 heterocycles. The first-order valence-electron chi connectivity index (χ1n) is 16.0. The molecule has 2 fully saturated rings. The summed E-state index contributed by atoms with van der Waals surface area (Å²) in [6, 6.07) is 13.5. The van der Waals surface area contributed by atoms with Crippen LogP contribution in [0.4, 0.5) is 10.5 Å². The number of carbonyl (C=O) groups excluding carboxylic acids is 1. The lowest BCUT2D eigenvalue weighted by Crippen LogP contribution is -2.52. The Morgan fingerprint density at radius 3 is 2.55 bits per heavy atom. The van der Waals surface area contributed by atoms with Gasteiger partial charge in [0.2, 0.25) is 10.0 Å². The molecular formula is C33H46N4O9S. The number of nitrogens with zero attached hydrogens (tertiary/aromatic N) is 2. The van der Waals surface area contributed by atoms with Crippen LogP contribution < -0.4 is 10.6 Å². The van der Waals surface area contributed by atoms with E-state index in [9.17, 15) is 18.3 Å². The second kappa shape index (κ2) is 15.9. The Bertz CT molecular complexity index is 1490. The molecule has 1 unspecified atom stereocenters. The molecule has 2 aromatic carbocycles. The van der Waals surface area contributed by atoms with Gasteiger partial charge in [-0.1, -0.05) is 44.2 Å². The third-order valence-electron chi connectivity index (χ3n) is 8.55. The molecule has 258 valence electrons. The van der Waals surface area contributed by atoms with Crippen LogP contribution in [-0.4, -0.2) is 114 Å². The number of ether oxygens (including phenoxy) is 5. The van der Waals surface area contributed by atoms with Gasteiger partial charge in [-0.2, -0.15) is 4.31 Å². The first kappa shape index (κ1) is 35.2. The van der Waals surface area contributed by atoms with Crippen molar-refractivity contribution < 1.29 is 42.0 Å². The van der Waals surface area contributed by atoms with E-state index in [1.54, 1.807) is 32.4 Å². The van der Waals surface area contributed by atoms with Crippen molar-refractivity contribution in [2.24, 2.45) is 16.8 Å². The van der Waals surface area contributed by atoms with Gasteiger partial charge in [0.1, 0.15) is 11.9 Å². The van der Waals surface area contributed by atoms with Gasteiger partial charge in [0.05, 0.1) is 55.5 Å². The Balaban J connectivity index is 1.31. The van der Waals surface area contributed by atoms with E-state index in [2.05, 4.69) is 15.6 Å². The minimum Gasteiger partial charge on any atom is -0.443 e. The smallest absolute Gasteiger partial charge is 0.407 e. The minimum atomic E-state index is -4.01. The summed E-state index contributed by atoms with van der Waals surface area (Å²) in [5.74, 6) is 0.421. The largest absolute Gasteiger partial charge is 0.443 e. The van der Waals surface area contributed by atoms with Crippen LogP contribution in [0.25, 0.3) is 0 Å². The summed E-state index contributed by atoms with van der Waals surface area (Å²) in [5.41, 5.74) is 2.51. The van der Waals surface area contributed by atoms with Crippen molar-refractivity contribution in [3.05, 3.63) is 59.7 Å². The number of carbonyl (C=O) groups is 1. The van der Waals surface area contributed by atoms with Crippen LogP contribution in [0.15, 0.2) is 58.4 Å². The lowest BCUT2D eigenvalue weighted by Gasteiger charge is -2.31. The van der Waals surface area contributed by atoms with E-state index in [4.69, 9.17) is 23.7 Å². The van der Waals surface area contributed by atoms with Crippen molar-refractivity contribution in [3.63, 3.8) is 0 Å². The molecule has 5 rings (SSSR count). The van der Waals surface area contributed by atoms with Crippen LogP contribution in [0.1, 0.15) is 25.0 Å². The minimum absolute atomic E-state index is 0.0274. The number of hydrogen-bond acceptors (Lipinski definition) is 10. The first-order valence-corrected chi connectivity index (χ1v) is 17.4. The number of nitrogens with one attached hydrogen (secondary N) is 2. The van der Waals surface area contributed by atoms with Crippen molar-refractivity contribution in [1.82, 2.24) is 9.62 Å². The van der Waals surface area contributed by atoms with Crippen LogP contribution in [0.5, 0.6) is 0 Å². The number of alkyl carbamates (subject to hydrolysis) is 1. The zero-order valence-electron chi connectivity index (χ0n) is 27.3. The number of sulfonamides is 1. The summed E-state index contributed by atoms with van der Waals surface area (Å²) < 4.78 is 57.5. The Kier molecular flexibility index (Phi) is 11.9. The first-order chi connectivity index (χ1) is 22.6. The highest BCUT2D eigenvalue weighted by molar-refractivity contribution is 7.89. The van der Waals surface area contributed by atoms with Gasteiger partial charge in [-0.05, 0) is 41.7 Å². The summed E-state index contributed by atoms with van der Waals surface area (Å²) in [5, 5.41) is 17.6. The lowest BCUT2D eigenvalue weighted by atomic mass is 10.00. The zero-order valence-corrected chi connectivity index (χ0v) is 28.1. The maximum Gasteiger partial charge on any atom is 0.407 e. The van der Waals surface area contributed by atoms with E-state index in [0.717, 1.165) is 22.6 Å². The molecule has 47 heavy (non-hydrogen) atoms. The van der Waals surface area contributed by atoms with E-state index < -0.39 is 40.7 Å². The predicted molar refractivity (Wildman–Crippen MR) is 175 cm³/mol. The van der Waals surface area contributed by atoms with E-state index in [1.165, 1.54) is 4.31 Å². The fourth-order valence-corrected chi connectivity index (χ4v) is 7.84. The maximum absolute atomic E-state index is 14.0. The second-order valence-electron chi connectivity index (χ2n) is 12.5. The summed E-state index contributed by atoms with van der Waals surface area (Å²) in [6.45, 7) is 5.00. The highest BCUT2D eigenvalue weighted by atomic mass is 32.2. The summed E-state index contributed by atoms with van der Waals surface area (Å²) in [6.07, 6.45) is -2.76. The van der Waals surface area contributed by atoms with Crippen molar-refractivity contribution in [1.29, 1.82) is 0 Å². The van der Waals surface area contributed by atoms with Gasteiger partial charge in [-0.3, -0.25) is 4.99 Å². The molecule has 0 spiro atoms. The number of aliphatic hydroxyl groups is 1. The molecule has 6 atom stereocenters. The standard InChI is InChI=1S/C33H46N4O9S/c1-21(2)17-37(47(40,41)24-10-11-25-23(15-24)16-30(34-3)35-25)18-27(38)26(14-22-8-6-5-7-9-22)36-33(39)46-29-20-45-32-31(29)28(19-44-32)43-13-12-42-4/h5-11,15,21,26-29,31-32,38H,12-14,16-20H2,1-4H3,(H,34,35)(H,36,39)/t26-,27+,28-,29?,31-,32+/m0/s1. The van der Waals surface area contributed by atoms with Gasteiger partial charge >= 0.3 is 6.09 Å². The van der Waals surface area contributed by atoms with Crippen molar-refractivity contribution in [2.75, 3.05) is 59.0 Å². The number of fused-ring (bicyclic) bond motifs is 2. The Hall–Kier alpha value is -3.11. The third kappa shape index (κ3) is 8.68. The number of hydrogen-bond donors (Lipinski definition) is 3. The fraction of sp³-hybridized carbons (Fsp3) is 0.576. The normalized spacial score (nSPS) is 24.3. The average Bonchev–Trinajstić information content (AvgIpc) is 3.76. The quantitative estimate of drug-likeness (QED) is 0.240. The summed E-state index contributed by atoms with van der Waals surface area (Å²) in [4.78, 5) is 17.7. The van der Waals surface area contributed by atoms with Crippen molar-refractivity contribution >= 4 is 27.6 Å². The number of methoxy groups -OCH3 is 1. The molecule has 0 aliphatic carbocycles. The molecule has 0 aromatic heterocycles. The van der Waals surface area contributed by atoms with E-state index in [0.29, 0.717) is 26.2 Å². The van der Waals surface area contributed by atoms with Gasteiger partial charge in [0, 0.05) is 39.4 Å². The molecule has 0 saturated carbocycles. The SMILES string of the molecule is CN=C1Cc2cc(S(=O)(=O)N(CC(C)C)C[C@@H](O)[C@H](Cc3ccccc3)NC(=O)OC3CO[C@H]4OC[C@H](OCCOC)[C@@H]34)ccc2N1. The monoisotopic (exact) mass is 674 g/mol. The fourth-order valence-electron chi connectivity index (χ4n) is 6.17. The van der Waals surface area contributed by atoms with E-state index in [-0.39, 0.29) is 49.0 Å². The number of amides is 1. The van der Waals surface area contributed by atoms with E-state index >= 15 is 0 Å². The topological polar surface area (TPSA) is 157 Å². The van der Waals surface area contributed by atoms with Crippen LogP contribution >= 0.6 is 0 Å². The summed E-state index contributed by atoms with van der Waals surface area (Å²) in [7, 11) is -0.733. The van der Waals surface area contributed by atoms with Crippen LogP contribution in [0.2, 0.25) is 0 Å². The number of anilines is 1. The highest BCUT2D eigenvalue weighted by Gasteiger charge is 2.50. The molecule has 3 aliphatic heterocycles. The van der Waals surface area contributed by atoms with Gasteiger partial charge in [-0.15, -0.1) is 0 Å². The molecule has 3 N–H and O–H groups in total. The predicted octanol–water partition coefficient (Wildman–Crippen LogP) is 2.43. The second-order valence-corrected chi connectivity index (χ2v) is 14.4. The molecular weight excluding hydrogens is 628 g/mol. The maximum atomic E-state index is 14.0. The number of rotatable bonds is 15. The van der Waals surface area contributed by atoms with Crippen LogP contribution in [0, 0.1) is 11.8 Å². The van der Waals surface area contributed by atoms with Crippen LogP contribution in [0.3, 0.4) is 0 Å². The molecule has 2 aromatic rings. The summed E-state index contributed by atoms with van der Waals surface area (Å²) >= 11 is 0. The molecule has 1 amide bonds. The van der Waals surface area contributed by atoms with Gasteiger partial charge in [0.25, 0.3) is 0 Å². The van der Waals surface area contributed by atoms with Crippen molar-refractivity contribution in [2.45, 2.75) is 62.2 Å². The number of amidine groups is 1. The van der Waals surface area contributed by atoms with Gasteiger partial charge < -0.3 is 39.4 Å². The Morgan fingerprint density at radius 1 is 1.11 bits per heavy atom. The van der Waals surface area contributed by atoms with Crippen LogP contribution in [-0.2, 0) is 46.5 Å². The van der Waals surface area contributed by atoms with Crippen molar-refractivity contribution in [3.8, 4) is 0 Å². The molecule has 3 aliphatic rings. The van der Waals surface area contributed by atoms with Gasteiger partial charge in [-0.25, -0.2) is 13.2 Å². The molecule has 13 nitrogen and oxygen atoms in total. The number of benzene rings is 2. The van der Waals surface area contributed by atoms with E-state index in [1.807, 2.05) is 44.2 Å². The highest BCUT2D eigenvalue weighted by Crippen LogP contribution is 2.35. The lowest BCUT2D eigenvalue weighted by molar-refractivity contribution is -0.0916. The molecule has 2 saturated heterocycles. The Labute approximate surface area is 276 Å². The molecule has 0 bridgehead atoms.